The van der Waals surface area contributed by atoms with Crippen LogP contribution in [0.25, 0.3) is 0 Å². The number of carboxylic acid groups (broad SMARTS) is 1. The van der Waals surface area contributed by atoms with Crippen molar-refractivity contribution < 1.29 is 19.4 Å². The lowest BCUT2D eigenvalue weighted by molar-refractivity contribution is -0.138. The molecule has 0 spiro atoms. The minimum absolute atomic E-state index is 0.0982. The molecule has 0 saturated heterocycles. The van der Waals surface area contributed by atoms with Gasteiger partial charge in [0.2, 0.25) is 5.91 Å². The molecule has 6 heteroatoms. The number of nitrogens with zero attached hydrogens (tertiary/aromatic N) is 1. The second-order valence-corrected chi connectivity index (χ2v) is 6.24. The predicted octanol–water partition coefficient (Wildman–Crippen LogP) is 3.71. The highest BCUT2D eigenvalue weighted by Crippen LogP contribution is 2.36. The molecule has 1 atom stereocenters. The zero-order chi connectivity index (χ0) is 17.8. The van der Waals surface area contributed by atoms with Gasteiger partial charge in [-0.1, -0.05) is 41.9 Å². The number of amides is 1. The summed E-state index contributed by atoms with van der Waals surface area (Å²) in [5.41, 5.74) is 1.38. The van der Waals surface area contributed by atoms with Gasteiger partial charge in [-0.25, -0.2) is 0 Å². The standard InChI is InChI=1S/C19H18ClNO4/c20-15-7-2-4-9-17(15)25-11-5-10-18(22)21-12-14(19(23)24)13-6-1-3-8-16(13)21/h1-4,6-9,14H,5,10-12H2,(H,23,24). The van der Waals surface area contributed by atoms with Crippen molar-refractivity contribution in [3.05, 3.63) is 59.1 Å². The van der Waals surface area contributed by atoms with Crippen LogP contribution in [0.3, 0.4) is 0 Å². The Balaban J connectivity index is 1.57. The molecule has 1 N–H and O–H groups in total. The van der Waals surface area contributed by atoms with Crippen LogP contribution in [0.5, 0.6) is 5.75 Å². The molecular formula is C19H18ClNO4. The summed E-state index contributed by atoms with van der Waals surface area (Å²) in [5, 5.41) is 9.89. The quantitative estimate of drug-likeness (QED) is 0.798. The van der Waals surface area contributed by atoms with E-state index in [2.05, 4.69) is 0 Å². The summed E-state index contributed by atoms with van der Waals surface area (Å²) < 4.78 is 5.58. The molecule has 1 unspecified atom stereocenters. The van der Waals surface area contributed by atoms with E-state index in [0.29, 0.717) is 35.1 Å². The molecule has 5 nitrogen and oxygen atoms in total. The Hall–Kier alpha value is -2.53. The summed E-state index contributed by atoms with van der Waals surface area (Å²) in [6.45, 7) is 0.548. The van der Waals surface area contributed by atoms with Crippen molar-refractivity contribution in [2.45, 2.75) is 18.8 Å². The molecule has 25 heavy (non-hydrogen) atoms. The first-order chi connectivity index (χ1) is 12.1. The van der Waals surface area contributed by atoms with E-state index < -0.39 is 11.9 Å². The van der Waals surface area contributed by atoms with E-state index in [1.54, 1.807) is 35.2 Å². The molecule has 2 aromatic rings. The van der Waals surface area contributed by atoms with E-state index in [1.165, 1.54) is 0 Å². The Morgan fingerprint density at radius 2 is 1.88 bits per heavy atom. The Bertz CT molecular complexity index is 792. The van der Waals surface area contributed by atoms with Crippen LogP contribution in [0.2, 0.25) is 5.02 Å². The van der Waals surface area contributed by atoms with Crippen molar-refractivity contribution in [2.75, 3.05) is 18.1 Å². The Kier molecular flexibility index (Phi) is 5.24. The number of halogens is 1. The molecule has 1 amide bonds. The molecule has 0 bridgehead atoms. The van der Waals surface area contributed by atoms with Gasteiger partial charge in [0, 0.05) is 18.7 Å². The predicted molar refractivity (Wildman–Crippen MR) is 95.4 cm³/mol. The molecule has 2 aromatic carbocycles. The number of aliphatic carboxylic acids is 1. The Morgan fingerprint density at radius 1 is 1.16 bits per heavy atom. The highest BCUT2D eigenvalue weighted by Gasteiger charge is 2.35. The van der Waals surface area contributed by atoms with Crippen LogP contribution in [-0.4, -0.2) is 30.1 Å². The van der Waals surface area contributed by atoms with Gasteiger partial charge in [0.1, 0.15) is 11.7 Å². The number of benzene rings is 2. The van der Waals surface area contributed by atoms with E-state index in [0.717, 1.165) is 0 Å². The average molecular weight is 360 g/mol. The van der Waals surface area contributed by atoms with E-state index in [9.17, 15) is 14.7 Å². The zero-order valence-corrected chi connectivity index (χ0v) is 14.3. The monoisotopic (exact) mass is 359 g/mol. The van der Waals surface area contributed by atoms with Gasteiger partial charge in [-0.2, -0.15) is 0 Å². The third-order valence-electron chi connectivity index (χ3n) is 4.20. The van der Waals surface area contributed by atoms with Crippen molar-refractivity contribution >= 4 is 29.2 Å². The lowest BCUT2D eigenvalue weighted by Crippen LogP contribution is -2.31. The molecule has 1 heterocycles. The van der Waals surface area contributed by atoms with Crippen LogP contribution in [-0.2, 0) is 9.59 Å². The average Bonchev–Trinajstić information content (AvgIpc) is 3.00. The number of fused-ring (bicyclic) bond motifs is 1. The highest BCUT2D eigenvalue weighted by molar-refractivity contribution is 6.32. The van der Waals surface area contributed by atoms with E-state index in [1.807, 2.05) is 18.2 Å². The van der Waals surface area contributed by atoms with Gasteiger partial charge in [-0.3, -0.25) is 9.59 Å². The smallest absolute Gasteiger partial charge is 0.312 e. The molecule has 130 valence electrons. The summed E-state index contributed by atoms with van der Waals surface area (Å²) in [6.07, 6.45) is 0.811. The normalized spacial score (nSPS) is 15.7. The van der Waals surface area contributed by atoms with Crippen molar-refractivity contribution in [3.63, 3.8) is 0 Å². The molecule has 0 fully saturated rings. The van der Waals surface area contributed by atoms with Crippen LogP contribution >= 0.6 is 11.6 Å². The van der Waals surface area contributed by atoms with Crippen molar-refractivity contribution in [1.29, 1.82) is 0 Å². The number of rotatable bonds is 6. The van der Waals surface area contributed by atoms with Gasteiger partial charge in [-0.05, 0) is 30.2 Å². The Morgan fingerprint density at radius 3 is 2.64 bits per heavy atom. The first kappa shape index (κ1) is 17.3. The molecule has 3 rings (SSSR count). The molecule has 1 aliphatic rings. The molecule has 0 radical (unpaired) electrons. The van der Waals surface area contributed by atoms with E-state index in [-0.39, 0.29) is 18.9 Å². The maximum atomic E-state index is 12.5. The van der Waals surface area contributed by atoms with Crippen molar-refractivity contribution in [2.24, 2.45) is 0 Å². The van der Waals surface area contributed by atoms with Crippen LogP contribution in [0.4, 0.5) is 5.69 Å². The van der Waals surface area contributed by atoms with Crippen LogP contribution < -0.4 is 9.64 Å². The lowest BCUT2D eigenvalue weighted by atomic mass is 10.0. The largest absolute Gasteiger partial charge is 0.492 e. The molecular weight excluding hydrogens is 342 g/mol. The second-order valence-electron chi connectivity index (χ2n) is 5.84. The summed E-state index contributed by atoms with van der Waals surface area (Å²) in [5.74, 6) is -1.09. The summed E-state index contributed by atoms with van der Waals surface area (Å²) in [6, 6.07) is 14.3. The van der Waals surface area contributed by atoms with Crippen LogP contribution in [0, 0.1) is 0 Å². The number of carboxylic acids is 1. The zero-order valence-electron chi connectivity index (χ0n) is 13.5. The van der Waals surface area contributed by atoms with Gasteiger partial charge >= 0.3 is 5.97 Å². The number of hydrogen-bond acceptors (Lipinski definition) is 3. The number of carbonyl (C=O) groups excluding carboxylic acids is 1. The first-order valence-electron chi connectivity index (χ1n) is 8.07. The van der Waals surface area contributed by atoms with Crippen molar-refractivity contribution in [1.82, 2.24) is 0 Å². The van der Waals surface area contributed by atoms with Gasteiger partial charge in [0.15, 0.2) is 0 Å². The maximum absolute atomic E-state index is 12.5. The minimum Gasteiger partial charge on any atom is -0.492 e. The third-order valence-corrected chi connectivity index (χ3v) is 4.51. The number of para-hydroxylation sites is 2. The molecule has 0 aliphatic carbocycles. The van der Waals surface area contributed by atoms with Crippen LogP contribution in [0.1, 0.15) is 24.3 Å². The van der Waals surface area contributed by atoms with Gasteiger partial charge in [0.25, 0.3) is 0 Å². The number of anilines is 1. The molecule has 1 aliphatic heterocycles. The Labute approximate surface area is 150 Å². The maximum Gasteiger partial charge on any atom is 0.312 e. The second kappa shape index (κ2) is 7.57. The molecule has 0 aromatic heterocycles. The van der Waals surface area contributed by atoms with E-state index >= 15 is 0 Å². The minimum atomic E-state index is -0.912. The third kappa shape index (κ3) is 3.77. The topological polar surface area (TPSA) is 66.8 Å². The fourth-order valence-corrected chi connectivity index (χ4v) is 3.15. The van der Waals surface area contributed by atoms with Crippen molar-refractivity contribution in [3.8, 4) is 5.75 Å². The van der Waals surface area contributed by atoms with E-state index in [4.69, 9.17) is 16.3 Å². The lowest BCUT2D eigenvalue weighted by Gasteiger charge is -2.17. The summed E-state index contributed by atoms with van der Waals surface area (Å²) in [7, 11) is 0. The fourth-order valence-electron chi connectivity index (χ4n) is 2.96. The fraction of sp³-hybridized carbons (Fsp3) is 0.263. The number of ether oxygens (including phenoxy) is 1. The summed E-state index contributed by atoms with van der Waals surface area (Å²) >= 11 is 6.02. The summed E-state index contributed by atoms with van der Waals surface area (Å²) in [4.78, 5) is 25.5. The van der Waals surface area contributed by atoms with Gasteiger partial charge in [-0.15, -0.1) is 0 Å². The highest BCUT2D eigenvalue weighted by atomic mass is 35.5. The molecule has 0 saturated carbocycles. The number of carbonyl (C=O) groups is 2. The SMILES string of the molecule is O=C(O)C1CN(C(=O)CCCOc2ccccc2Cl)c2ccccc21. The first-order valence-corrected chi connectivity index (χ1v) is 8.45. The van der Waals surface area contributed by atoms with Gasteiger partial charge < -0.3 is 14.7 Å². The van der Waals surface area contributed by atoms with Crippen LogP contribution in [0.15, 0.2) is 48.5 Å². The number of hydrogen-bond donors (Lipinski definition) is 1. The van der Waals surface area contributed by atoms with Gasteiger partial charge in [0.05, 0.1) is 11.6 Å².